The second kappa shape index (κ2) is 5.71. The second-order valence-corrected chi connectivity index (χ2v) is 4.07. The van der Waals surface area contributed by atoms with Gasteiger partial charge < -0.3 is 0 Å². The van der Waals surface area contributed by atoms with Crippen LogP contribution in [0.2, 0.25) is 0 Å². The van der Waals surface area contributed by atoms with Gasteiger partial charge >= 0.3 is 0 Å². The Bertz CT molecular complexity index is 521. The molecule has 0 spiro atoms. The smallest absolute Gasteiger partial charge is 0.129 e. The Morgan fingerprint density at radius 3 is 2.33 bits per heavy atom. The highest BCUT2D eigenvalue weighted by Crippen LogP contribution is 2.28. The van der Waals surface area contributed by atoms with Gasteiger partial charge in [-0.05, 0) is 35.6 Å². The van der Waals surface area contributed by atoms with Crippen molar-refractivity contribution in [1.82, 2.24) is 0 Å². The maximum absolute atomic E-state index is 13.8. The Morgan fingerprint density at radius 1 is 0.944 bits per heavy atom. The molecule has 0 radical (unpaired) electrons. The molecule has 94 valence electrons. The van der Waals surface area contributed by atoms with E-state index >= 15 is 0 Å². The van der Waals surface area contributed by atoms with E-state index in [-0.39, 0.29) is 12.8 Å². The average molecular weight is 250 g/mol. The molecule has 0 N–H and O–H groups in total. The summed E-state index contributed by atoms with van der Waals surface area (Å²) >= 11 is 0. The van der Waals surface area contributed by atoms with E-state index < -0.39 is 18.3 Å². The number of hydrogen-bond donors (Lipinski definition) is 0. The predicted octanol–water partition coefficient (Wildman–Crippen LogP) is 4.53. The van der Waals surface area contributed by atoms with Crippen molar-refractivity contribution in [2.24, 2.45) is 0 Å². The Morgan fingerprint density at radius 2 is 1.67 bits per heavy atom. The van der Waals surface area contributed by atoms with Gasteiger partial charge in [-0.3, -0.25) is 4.39 Å². The lowest BCUT2D eigenvalue weighted by molar-refractivity contribution is 0.468. The van der Waals surface area contributed by atoms with Gasteiger partial charge in [-0.2, -0.15) is 0 Å². The topological polar surface area (TPSA) is 0 Å². The van der Waals surface area contributed by atoms with Crippen LogP contribution in [-0.4, -0.2) is 6.67 Å². The van der Waals surface area contributed by atoms with Gasteiger partial charge in [0.2, 0.25) is 0 Å². The van der Waals surface area contributed by atoms with Crippen LogP contribution in [0.15, 0.2) is 42.5 Å². The summed E-state index contributed by atoms with van der Waals surface area (Å²) in [6.07, 6.45) is 0.509. The molecule has 0 nitrogen and oxygen atoms in total. The van der Waals surface area contributed by atoms with Crippen molar-refractivity contribution in [3.05, 3.63) is 59.7 Å². The molecular weight excluding hydrogens is 237 g/mol. The van der Waals surface area contributed by atoms with Crippen molar-refractivity contribution in [3.63, 3.8) is 0 Å². The zero-order chi connectivity index (χ0) is 13.0. The molecule has 0 saturated carbocycles. The van der Waals surface area contributed by atoms with Crippen LogP contribution in [0, 0.1) is 11.6 Å². The quantitative estimate of drug-likeness (QED) is 0.747. The maximum Gasteiger partial charge on any atom is 0.129 e. The van der Waals surface area contributed by atoms with Gasteiger partial charge in [0.15, 0.2) is 0 Å². The third-order valence-corrected chi connectivity index (χ3v) is 2.81. The molecule has 0 aliphatic carbocycles. The third kappa shape index (κ3) is 2.73. The van der Waals surface area contributed by atoms with Gasteiger partial charge in [0.05, 0.1) is 6.67 Å². The molecule has 18 heavy (non-hydrogen) atoms. The Labute approximate surface area is 104 Å². The molecule has 0 atom stereocenters. The van der Waals surface area contributed by atoms with E-state index in [4.69, 9.17) is 0 Å². The number of rotatable bonds is 4. The monoisotopic (exact) mass is 250 g/mol. The van der Waals surface area contributed by atoms with Crippen molar-refractivity contribution >= 4 is 0 Å². The van der Waals surface area contributed by atoms with Crippen molar-refractivity contribution in [1.29, 1.82) is 0 Å². The molecule has 2 aromatic rings. The lowest BCUT2D eigenvalue weighted by atomic mass is 9.96. The summed E-state index contributed by atoms with van der Waals surface area (Å²) in [6, 6.07) is 11.2. The van der Waals surface area contributed by atoms with Gasteiger partial charge in [-0.1, -0.05) is 30.3 Å². The van der Waals surface area contributed by atoms with Crippen molar-refractivity contribution in [2.45, 2.75) is 12.8 Å². The zero-order valence-corrected chi connectivity index (χ0v) is 9.80. The van der Waals surface area contributed by atoms with Crippen LogP contribution >= 0.6 is 0 Å². The van der Waals surface area contributed by atoms with Crippen molar-refractivity contribution in [3.8, 4) is 11.1 Å². The van der Waals surface area contributed by atoms with Gasteiger partial charge in [-0.15, -0.1) is 0 Å². The number of hydrogen-bond acceptors (Lipinski definition) is 0. The summed E-state index contributed by atoms with van der Waals surface area (Å²) in [5.41, 5.74) is 1.62. The summed E-state index contributed by atoms with van der Waals surface area (Å²) < 4.78 is 39.3. The minimum atomic E-state index is -0.615. The summed E-state index contributed by atoms with van der Waals surface area (Å²) in [6.45, 7) is -0.509. The summed E-state index contributed by atoms with van der Waals surface area (Å²) in [5.74, 6) is -1.22. The first-order valence-corrected chi connectivity index (χ1v) is 5.81. The fourth-order valence-electron chi connectivity index (χ4n) is 1.98. The molecule has 0 amide bonds. The van der Waals surface area contributed by atoms with Crippen LogP contribution in [0.1, 0.15) is 12.0 Å². The van der Waals surface area contributed by atoms with E-state index in [1.165, 1.54) is 6.07 Å². The van der Waals surface area contributed by atoms with E-state index in [1.807, 2.05) is 6.07 Å². The first-order valence-electron chi connectivity index (χ1n) is 5.81. The molecule has 2 rings (SSSR count). The van der Waals surface area contributed by atoms with E-state index in [9.17, 15) is 13.2 Å². The molecule has 0 bridgehead atoms. The second-order valence-electron chi connectivity index (χ2n) is 4.07. The van der Waals surface area contributed by atoms with Crippen LogP contribution in [-0.2, 0) is 6.42 Å². The summed E-state index contributed by atoms with van der Waals surface area (Å²) in [5, 5.41) is 0. The highest BCUT2D eigenvalue weighted by molar-refractivity contribution is 5.67. The van der Waals surface area contributed by atoms with E-state index in [0.717, 1.165) is 11.6 Å². The first-order chi connectivity index (χ1) is 8.72. The van der Waals surface area contributed by atoms with Crippen LogP contribution in [0.3, 0.4) is 0 Å². The molecule has 0 heterocycles. The zero-order valence-electron chi connectivity index (χ0n) is 9.80. The molecule has 2 aromatic carbocycles. The number of halogens is 3. The molecular formula is C15H13F3. The fourth-order valence-corrected chi connectivity index (χ4v) is 1.98. The average Bonchev–Trinajstić information content (AvgIpc) is 2.38. The Hall–Kier alpha value is -1.77. The third-order valence-electron chi connectivity index (χ3n) is 2.81. The van der Waals surface area contributed by atoms with Gasteiger partial charge in [0.25, 0.3) is 0 Å². The molecule has 0 saturated heterocycles. The first kappa shape index (κ1) is 12.7. The molecule has 3 heteroatoms. The van der Waals surface area contributed by atoms with E-state index in [2.05, 4.69) is 0 Å². The molecule has 0 aromatic heterocycles. The van der Waals surface area contributed by atoms with Crippen LogP contribution in [0.25, 0.3) is 11.1 Å². The number of alkyl halides is 1. The normalized spacial score (nSPS) is 10.6. The Balaban J connectivity index is 2.50. The van der Waals surface area contributed by atoms with Crippen LogP contribution in [0.5, 0.6) is 0 Å². The number of benzene rings is 2. The molecule has 0 aliphatic rings. The standard InChI is InChI=1S/C15H13F3/c16-8-4-7-13-14(9-12(17)10-15(13)18)11-5-2-1-3-6-11/h1-3,5-6,9-10H,4,7-8H2. The molecule has 0 aliphatic heterocycles. The maximum atomic E-state index is 13.8. The highest BCUT2D eigenvalue weighted by Gasteiger charge is 2.12. The van der Waals surface area contributed by atoms with Gasteiger partial charge in [-0.25, -0.2) is 8.78 Å². The SMILES string of the molecule is FCCCc1c(F)cc(F)cc1-c1ccccc1. The highest BCUT2D eigenvalue weighted by atomic mass is 19.1. The minimum absolute atomic E-state index is 0.238. The van der Waals surface area contributed by atoms with Crippen LogP contribution < -0.4 is 0 Å². The van der Waals surface area contributed by atoms with Crippen molar-refractivity contribution in [2.75, 3.05) is 6.67 Å². The van der Waals surface area contributed by atoms with E-state index in [1.54, 1.807) is 24.3 Å². The predicted molar refractivity (Wildman–Crippen MR) is 66.1 cm³/mol. The van der Waals surface area contributed by atoms with Gasteiger partial charge in [0.1, 0.15) is 11.6 Å². The minimum Gasteiger partial charge on any atom is -0.251 e. The summed E-state index contributed by atoms with van der Waals surface area (Å²) in [4.78, 5) is 0. The molecule has 0 fully saturated rings. The van der Waals surface area contributed by atoms with Gasteiger partial charge in [0, 0.05) is 6.07 Å². The summed E-state index contributed by atoms with van der Waals surface area (Å²) in [7, 11) is 0. The lowest BCUT2D eigenvalue weighted by Crippen LogP contribution is -1.98. The molecule has 0 unspecified atom stereocenters. The fraction of sp³-hybridized carbons (Fsp3) is 0.200. The van der Waals surface area contributed by atoms with E-state index in [0.29, 0.717) is 11.1 Å². The van der Waals surface area contributed by atoms with Crippen molar-refractivity contribution < 1.29 is 13.2 Å². The van der Waals surface area contributed by atoms with Crippen LogP contribution in [0.4, 0.5) is 13.2 Å². The lowest BCUT2D eigenvalue weighted by Gasteiger charge is -2.10. The largest absolute Gasteiger partial charge is 0.251 e. The Kier molecular flexibility index (Phi) is 4.03.